The Labute approximate surface area is 101 Å². The van der Waals surface area contributed by atoms with E-state index in [0.717, 1.165) is 15.6 Å². The molecule has 3 heteroatoms. The Balaban J connectivity index is 2.52. The van der Waals surface area contributed by atoms with E-state index in [9.17, 15) is 9.18 Å². The van der Waals surface area contributed by atoms with Crippen molar-refractivity contribution in [3.63, 3.8) is 0 Å². The van der Waals surface area contributed by atoms with Crippen molar-refractivity contribution in [3.8, 4) is 11.1 Å². The lowest BCUT2D eigenvalue weighted by Crippen LogP contribution is -1.88. The average molecular weight is 279 g/mol. The first-order valence-corrected chi connectivity index (χ1v) is 5.50. The molecular weight excluding hydrogens is 271 g/mol. The summed E-state index contributed by atoms with van der Waals surface area (Å²) in [7, 11) is 0. The number of aldehydes is 1. The number of carbonyl (C=O) groups is 1. The molecular formula is C13H8BrFO. The molecule has 80 valence electrons. The minimum Gasteiger partial charge on any atom is -0.298 e. The molecule has 0 aliphatic heterocycles. The van der Waals surface area contributed by atoms with Crippen LogP contribution in [0.5, 0.6) is 0 Å². The van der Waals surface area contributed by atoms with Gasteiger partial charge in [-0.3, -0.25) is 4.79 Å². The number of hydrogen-bond acceptors (Lipinski definition) is 1. The van der Waals surface area contributed by atoms with Crippen molar-refractivity contribution >= 4 is 22.2 Å². The normalized spacial score (nSPS) is 10.1. The molecule has 0 atom stereocenters. The van der Waals surface area contributed by atoms with Crippen LogP contribution in [-0.4, -0.2) is 6.29 Å². The molecule has 0 saturated heterocycles. The summed E-state index contributed by atoms with van der Waals surface area (Å²) in [6.07, 6.45) is 0.525. The van der Waals surface area contributed by atoms with Crippen LogP contribution in [-0.2, 0) is 0 Å². The lowest BCUT2D eigenvalue weighted by atomic mass is 10.0. The van der Waals surface area contributed by atoms with Gasteiger partial charge in [0.05, 0.1) is 5.56 Å². The zero-order valence-corrected chi connectivity index (χ0v) is 9.87. The van der Waals surface area contributed by atoms with Crippen molar-refractivity contribution < 1.29 is 9.18 Å². The molecule has 0 amide bonds. The van der Waals surface area contributed by atoms with Gasteiger partial charge in [-0.25, -0.2) is 4.39 Å². The lowest BCUT2D eigenvalue weighted by Gasteiger charge is -2.03. The number of benzene rings is 2. The van der Waals surface area contributed by atoms with Crippen molar-refractivity contribution in [3.05, 3.63) is 58.3 Å². The van der Waals surface area contributed by atoms with Gasteiger partial charge < -0.3 is 0 Å². The van der Waals surface area contributed by atoms with E-state index in [2.05, 4.69) is 15.9 Å². The Bertz CT molecular complexity index is 537. The number of rotatable bonds is 2. The first-order chi connectivity index (χ1) is 7.70. The first kappa shape index (κ1) is 11.0. The number of hydrogen-bond donors (Lipinski definition) is 0. The molecule has 2 rings (SSSR count). The summed E-state index contributed by atoms with van der Waals surface area (Å²) >= 11 is 3.37. The van der Waals surface area contributed by atoms with E-state index in [1.165, 1.54) is 6.07 Å². The molecule has 0 unspecified atom stereocenters. The van der Waals surface area contributed by atoms with Crippen LogP contribution in [0.4, 0.5) is 4.39 Å². The van der Waals surface area contributed by atoms with Gasteiger partial charge in [0.2, 0.25) is 0 Å². The fraction of sp³-hybridized carbons (Fsp3) is 0. The maximum atomic E-state index is 13.1. The molecule has 0 aromatic heterocycles. The Morgan fingerprint density at radius 3 is 2.50 bits per heavy atom. The highest BCUT2D eigenvalue weighted by Gasteiger charge is 2.04. The van der Waals surface area contributed by atoms with Gasteiger partial charge in [-0.2, -0.15) is 0 Å². The summed E-state index contributed by atoms with van der Waals surface area (Å²) in [6.45, 7) is 0. The summed E-state index contributed by atoms with van der Waals surface area (Å²) in [5.74, 6) is -0.492. The molecule has 0 heterocycles. The van der Waals surface area contributed by atoms with Crippen LogP contribution < -0.4 is 0 Å². The van der Waals surface area contributed by atoms with Crippen LogP contribution in [0.25, 0.3) is 11.1 Å². The monoisotopic (exact) mass is 278 g/mol. The summed E-state index contributed by atoms with van der Waals surface area (Å²) in [6, 6.07) is 12.1. The van der Waals surface area contributed by atoms with E-state index in [1.54, 1.807) is 12.1 Å². The molecule has 0 N–H and O–H groups in total. The van der Waals surface area contributed by atoms with E-state index in [4.69, 9.17) is 0 Å². The zero-order valence-electron chi connectivity index (χ0n) is 8.28. The summed E-state index contributed by atoms with van der Waals surface area (Å²) in [4.78, 5) is 10.6. The standard InChI is InChI=1S/C13H8BrFO/c14-12-3-1-2-9(7-12)10-4-5-13(15)11(6-10)8-16/h1-8H. The largest absolute Gasteiger partial charge is 0.298 e. The van der Waals surface area contributed by atoms with Gasteiger partial charge in [-0.05, 0) is 35.4 Å². The maximum absolute atomic E-state index is 13.1. The molecule has 0 bridgehead atoms. The summed E-state index contributed by atoms with van der Waals surface area (Å²) in [5.41, 5.74) is 1.85. The van der Waals surface area contributed by atoms with E-state index in [-0.39, 0.29) is 5.56 Å². The fourth-order valence-corrected chi connectivity index (χ4v) is 1.88. The molecule has 0 spiro atoms. The molecule has 0 saturated carbocycles. The molecule has 16 heavy (non-hydrogen) atoms. The van der Waals surface area contributed by atoms with Crippen LogP contribution in [0.1, 0.15) is 10.4 Å². The Morgan fingerprint density at radius 1 is 1.06 bits per heavy atom. The highest BCUT2D eigenvalue weighted by Crippen LogP contribution is 2.24. The van der Waals surface area contributed by atoms with Crippen LogP contribution in [0, 0.1) is 5.82 Å². The van der Waals surface area contributed by atoms with Crippen molar-refractivity contribution in [2.75, 3.05) is 0 Å². The van der Waals surface area contributed by atoms with E-state index in [0.29, 0.717) is 6.29 Å². The molecule has 0 radical (unpaired) electrons. The van der Waals surface area contributed by atoms with Crippen LogP contribution >= 0.6 is 15.9 Å². The minimum atomic E-state index is -0.492. The maximum Gasteiger partial charge on any atom is 0.153 e. The summed E-state index contributed by atoms with van der Waals surface area (Å²) in [5, 5.41) is 0. The number of carbonyl (C=O) groups excluding carboxylic acids is 1. The van der Waals surface area contributed by atoms with Crippen molar-refractivity contribution in [2.45, 2.75) is 0 Å². The Hall–Kier alpha value is -1.48. The molecule has 0 aliphatic carbocycles. The Kier molecular flexibility index (Phi) is 3.15. The zero-order chi connectivity index (χ0) is 11.5. The van der Waals surface area contributed by atoms with Gasteiger partial charge in [-0.1, -0.05) is 34.1 Å². The third kappa shape index (κ3) is 2.19. The minimum absolute atomic E-state index is 0.0810. The van der Waals surface area contributed by atoms with Gasteiger partial charge in [0.25, 0.3) is 0 Å². The van der Waals surface area contributed by atoms with Crippen molar-refractivity contribution in [1.82, 2.24) is 0 Å². The predicted octanol–water partition coefficient (Wildman–Crippen LogP) is 4.07. The second-order valence-electron chi connectivity index (χ2n) is 3.36. The molecule has 2 aromatic rings. The molecule has 2 aromatic carbocycles. The van der Waals surface area contributed by atoms with Gasteiger partial charge in [0.15, 0.2) is 6.29 Å². The third-order valence-corrected chi connectivity index (χ3v) is 2.77. The highest BCUT2D eigenvalue weighted by molar-refractivity contribution is 9.10. The van der Waals surface area contributed by atoms with Crippen molar-refractivity contribution in [2.24, 2.45) is 0 Å². The van der Waals surface area contributed by atoms with Gasteiger partial charge >= 0.3 is 0 Å². The third-order valence-electron chi connectivity index (χ3n) is 2.28. The smallest absolute Gasteiger partial charge is 0.153 e. The highest BCUT2D eigenvalue weighted by atomic mass is 79.9. The van der Waals surface area contributed by atoms with E-state index in [1.807, 2.05) is 24.3 Å². The first-order valence-electron chi connectivity index (χ1n) is 4.71. The second-order valence-corrected chi connectivity index (χ2v) is 4.28. The van der Waals surface area contributed by atoms with E-state index < -0.39 is 5.82 Å². The average Bonchev–Trinajstić information content (AvgIpc) is 2.29. The van der Waals surface area contributed by atoms with Crippen LogP contribution in [0.15, 0.2) is 46.9 Å². The van der Waals surface area contributed by atoms with Crippen molar-refractivity contribution in [1.29, 1.82) is 0 Å². The van der Waals surface area contributed by atoms with Gasteiger partial charge in [-0.15, -0.1) is 0 Å². The SMILES string of the molecule is O=Cc1cc(-c2cccc(Br)c2)ccc1F. The van der Waals surface area contributed by atoms with Crippen LogP contribution in [0.2, 0.25) is 0 Å². The topological polar surface area (TPSA) is 17.1 Å². The molecule has 0 aliphatic rings. The van der Waals surface area contributed by atoms with Crippen LogP contribution in [0.3, 0.4) is 0 Å². The fourth-order valence-electron chi connectivity index (χ4n) is 1.48. The van der Waals surface area contributed by atoms with Gasteiger partial charge in [0.1, 0.15) is 5.82 Å². The Morgan fingerprint density at radius 2 is 1.81 bits per heavy atom. The van der Waals surface area contributed by atoms with E-state index >= 15 is 0 Å². The molecule has 0 fully saturated rings. The number of halogens is 2. The summed E-state index contributed by atoms with van der Waals surface area (Å²) < 4.78 is 14.1. The lowest BCUT2D eigenvalue weighted by molar-refractivity contribution is 0.112. The van der Waals surface area contributed by atoms with Gasteiger partial charge in [0, 0.05) is 4.47 Å². The quantitative estimate of drug-likeness (QED) is 0.757. The second kappa shape index (κ2) is 4.58. The molecule has 1 nitrogen and oxygen atoms in total. The predicted molar refractivity (Wildman–Crippen MR) is 64.9 cm³/mol.